The molecule has 7 nitrogen and oxygen atoms in total. The van der Waals surface area contributed by atoms with Crippen LogP contribution in [0.15, 0.2) is 44.9 Å². The molecule has 0 fully saturated rings. The van der Waals surface area contributed by atoms with Gasteiger partial charge < -0.3 is 20.2 Å². The number of esters is 1. The number of nitrogens with one attached hydrogen (secondary N) is 1. The molecule has 3 N–H and O–H groups in total. The Balaban J connectivity index is 1.76. The van der Waals surface area contributed by atoms with Crippen LogP contribution in [0.25, 0.3) is 11.0 Å². The first-order chi connectivity index (χ1) is 13.3. The molecule has 0 aliphatic heterocycles. The van der Waals surface area contributed by atoms with Crippen molar-refractivity contribution in [3.63, 3.8) is 0 Å². The summed E-state index contributed by atoms with van der Waals surface area (Å²) in [7, 11) is 0. The first-order valence-electron chi connectivity index (χ1n) is 8.62. The highest BCUT2D eigenvalue weighted by atomic mass is 32.1. The summed E-state index contributed by atoms with van der Waals surface area (Å²) in [6.07, 6.45) is -0.0685. The van der Waals surface area contributed by atoms with Gasteiger partial charge in [-0.05, 0) is 48.6 Å². The van der Waals surface area contributed by atoms with E-state index in [1.807, 2.05) is 31.4 Å². The van der Waals surface area contributed by atoms with E-state index in [9.17, 15) is 14.4 Å². The van der Waals surface area contributed by atoms with Gasteiger partial charge in [0.1, 0.15) is 12.2 Å². The molecule has 2 amide bonds. The third-order valence-corrected chi connectivity index (χ3v) is 5.39. The molecule has 1 aromatic carbocycles. The summed E-state index contributed by atoms with van der Waals surface area (Å²) in [6, 6.07) is 7.36. The molecule has 0 unspecified atom stereocenters. The number of urea groups is 1. The molecule has 146 valence electrons. The van der Waals surface area contributed by atoms with Crippen LogP contribution >= 0.6 is 11.3 Å². The van der Waals surface area contributed by atoms with Crippen LogP contribution in [-0.4, -0.2) is 12.0 Å². The summed E-state index contributed by atoms with van der Waals surface area (Å²) < 4.78 is 10.6. The number of ether oxygens (including phenoxy) is 1. The van der Waals surface area contributed by atoms with Crippen molar-refractivity contribution in [2.24, 2.45) is 5.73 Å². The maximum atomic E-state index is 12.3. The number of hydrogen-bond donors (Lipinski definition) is 2. The van der Waals surface area contributed by atoms with E-state index in [-0.39, 0.29) is 13.0 Å². The second-order valence-electron chi connectivity index (χ2n) is 6.46. The summed E-state index contributed by atoms with van der Waals surface area (Å²) in [5.41, 5.74) is 7.76. The zero-order valence-corrected chi connectivity index (χ0v) is 16.3. The number of carbonyl (C=O) groups is 2. The van der Waals surface area contributed by atoms with E-state index in [0.717, 1.165) is 21.4 Å². The number of rotatable bonds is 6. The van der Waals surface area contributed by atoms with E-state index < -0.39 is 23.7 Å². The summed E-state index contributed by atoms with van der Waals surface area (Å²) in [4.78, 5) is 36.2. The van der Waals surface area contributed by atoms with Crippen LogP contribution in [0.1, 0.15) is 34.0 Å². The van der Waals surface area contributed by atoms with E-state index in [2.05, 4.69) is 5.32 Å². The molecule has 0 aliphatic rings. The van der Waals surface area contributed by atoms with Crippen molar-refractivity contribution in [2.75, 3.05) is 0 Å². The third kappa shape index (κ3) is 4.58. The van der Waals surface area contributed by atoms with Crippen molar-refractivity contribution in [1.29, 1.82) is 0 Å². The Labute approximate surface area is 165 Å². The summed E-state index contributed by atoms with van der Waals surface area (Å²) in [5.74, 6) is -0.516. The fourth-order valence-corrected chi connectivity index (χ4v) is 3.65. The van der Waals surface area contributed by atoms with Gasteiger partial charge in [0.05, 0.1) is 12.5 Å². The predicted octanol–water partition coefficient (Wildman–Crippen LogP) is 3.31. The van der Waals surface area contributed by atoms with E-state index >= 15 is 0 Å². The first kappa shape index (κ1) is 19.6. The smallest absolute Gasteiger partial charge is 0.336 e. The minimum atomic E-state index is -0.719. The number of aryl methyl sites for hydroxylation is 2. The lowest BCUT2D eigenvalue weighted by Gasteiger charge is -2.15. The van der Waals surface area contributed by atoms with Crippen molar-refractivity contribution in [3.8, 4) is 0 Å². The number of nitrogens with two attached hydrogens (primary N) is 1. The molecule has 2 aromatic heterocycles. The lowest BCUT2D eigenvalue weighted by molar-refractivity contribution is -0.145. The second-order valence-corrected chi connectivity index (χ2v) is 7.44. The summed E-state index contributed by atoms with van der Waals surface area (Å²) >= 11 is 1.40. The average Bonchev–Trinajstić information content (AvgIpc) is 3.15. The largest absolute Gasteiger partial charge is 0.461 e. The van der Waals surface area contributed by atoms with E-state index in [1.165, 1.54) is 17.4 Å². The molecule has 0 aliphatic carbocycles. The highest BCUT2D eigenvalue weighted by Crippen LogP contribution is 2.24. The first-order valence-corrected chi connectivity index (χ1v) is 9.50. The Hall–Kier alpha value is -3.13. The zero-order valence-electron chi connectivity index (χ0n) is 15.5. The number of benzene rings is 1. The van der Waals surface area contributed by atoms with E-state index in [0.29, 0.717) is 11.1 Å². The monoisotopic (exact) mass is 400 g/mol. The molecule has 0 bridgehead atoms. The van der Waals surface area contributed by atoms with Gasteiger partial charge >= 0.3 is 17.6 Å². The van der Waals surface area contributed by atoms with Crippen LogP contribution in [0.2, 0.25) is 0 Å². The molecule has 8 heteroatoms. The molecule has 2 heterocycles. The van der Waals surface area contributed by atoms with Gasteiger partial charge in [0.2, 0.25) is 0 Å². The molecule has 0 saturated carbocycles. The van der Waals surface area contributed by atoms with Crippen LogP contribution in [0, 0.1) is 13.8 Å². The lowest BCUT2D eigenvalue weighted by atomic mass is 10.0. The lowest BCUT2D eigenvalue weighted by Crippen LogP contribution is -2.34. The van der Waals surface area contributed by atoms with Gasteiger partial charge in [-0.25, -0.2) is 9.59 Å². The normalized spacial score (nSPS) is 11.9. The van der Waals surface area contributed by atoms with Gasteiger partial charge in [-0.15, -0.1) is 11.3 Å². The highest BCUT2D eigenvalue weighted by Gasteiger charge is 2.20. The van der Waals surface area contributed by atoms with Crippen LogP contribution in [0.3, 0.4) is 0 Å². The predicted molar refractivity (Wildman–Crippen MR) is 106 cm³/mol. The van der Waals surface area contributed by atoms with Crippen LogP contribution in [0.4, 0.5) is 4.79 Å². The molecule has 1 atom stereocenters. The maximum Gasteiger partial charge on any atom is 0.336 e. The fraction of sp³-hybridized carbons (Fsp3) is 0.250. The van der Waals surface area contributed by atoms with Gasteiger partial charge in [0.25, 0.3) is 0 Å². The van der Waals surface area contributed by atoms with Gasteiger partial charge in [0, 0.05) is 21.9 Å². The van der Waals surface area contributed by atoms with E-state index in [4.69, 9.17) is 14.9 Å². The van der Waals surface area contributed by atoms with Crippen LogP contribution in [-0.2, 0) is 16.1 Å². The summed E-state index contributed by atoms with van der Waals surface area (Å²) in [5, 5.41) is 5.11. The molecule has 0 saturated heterocycles. The van der Waals surface area contributed by atoms with Crippen molar-refractivity contribution in [2.45, 2.75) is 32.9 Å². The molecule has 28 heavy (non-hydrogen) atoms. The van der Waals surface area contributed by atoms with Crippen LogP contribution in [0.5, 0.6) is 0 Å². The van der Waals surface area contributed by atoms with Crippen molar-refractivity contribution in [1.82, 2.24) is 5.32 Å². The molecular formula is C20H20N2O5S. The second kappa shape index (κ2) is 8.26. The minimum Gasteiger partial charge on any atom is -0.461 e. The standard InChI is InChI=1S/C20H20N2O5S/c1-11-6-14-13(8-19(24)27-16(14)7-12(11)2)10-26-18(23)9-15(22-20(21)25)17-4-3-5-28-17/h3-8,15H,9-10H2,1-2H3,(H3,21,22,25)/t15-/m1/s1. The number of carbonyl (C=O) groups excluding carboxylic acids is 2. The van der Waals surface area contributed by atoms with Crippen molar-refractivity contribution < 1.29 is 18.7 Å². The van der Waals surface area contributed by atoms with Crippen molar-refractivity contribution in [3.05, 3.63) is 67.7 Å². The van der Waals surface area contributed by atoms with E-state index in [1.54, 1.807) is 12.1 Å². The van der Waals surface area contributed by atoms with Crippen molar-refractivity contribution >= 4 is 34.3 Å². The number of primary amides is 1. The molecule has 3 aromatic rings. The van der Waals surface area contributed by atoms with Gasteiger partial charge in [0.15, 0.2) is 0 Å². The Morgan fingerprint density at radius 1 is 1.25 bits per heavy atom. The van der Waals surface area contributed by atoms with Gasteiger partial charge in [-0.1, -0.05) is 6.07 Å². The zero-order chi connectivity index (χ0) is 20.3. The quantitative estimate of drug-likeness (QED) is 0.487. The number of amides is 2. The Morgan fingerprint density at radius 3 is 2.68 bits per heavy atom. The third-order valence-electron chi connectivity index (χ3n) is 4.41. The molecule has 0 radical (unpaired) electrons. The highest BCUT2D eigenvalue weighted by molar-refractivity contribution is 7.10. The Bertz CT molecular complexity index is 1070. The average molecular weight is 400 g/mol. The van der Waals surface area contributed by atoms with Gasteiger partial charge in [-0.3, -0.25) is 4.79 Å². The molecular weight excluding hydrogens is 380 g/mol. The Kier molecular flexibility index (Phi) is 5.79. The number of hydrogen-bond acceptors (Lipinski definition) is 6. The molecule has 0 spiro atoms. The Morgan fingerprint density at radius 2 is 2.00 bits per heavy atom. The van der Waals surface area contributed by atoms with Crippen LogP contribution < -0.4 is 16.7 Å². The molecule has 3 rings (SSSR count). The summed E-state index contributed by atoms with van der Waals surface area (Å²) in [6.45, 7) is 3.81. The maximum absolute atomic E-state index is 12.3. The minimum absolute atomic E-state index is 0.0685. The number of fused-ring (bicyclic) bond motifs is 1. The fourth-order valence-electron chi connectivity index (χ4n) is 2.87. The topological polar surface area (TPSA) is 112 Å². The SMILES string of the molecule is Cc1cc2oc(=O)cc(COC(=O)C[C@@H](NC(N)=O)c3cccs3)c2cc1C. The van der Waals surface area contributed by atoms with Gasteiger partial charge in [-0.2, -0.15) is 0 Å². The number of thiophene rings is 1.